The van der Waals surface area contributed by atoms with Crippen LogP contribution >= 0.6 is 0 Å². The monoisotopic (exact) mass is 223 g/mol. The van der Waals surface area contributed by atoms with E-state index < -0.39 is 0 Å². The van der Waals surface area contributed by atoms with Crippen LogP contribution in [-0.4, -0.2) is 18.8 Å². The van der Waals surface area contributed by atoms with Crippen molar-refractivity contribution < 1.29 is 9.84 Å². The minimum Gasteiger partial charge on any atom is -0.504 e. The van der Waals surface area contributed by atoms with Crippen molar-refractivity contribution in [3.05, 3.63) is 22.8 Å². The summed E-state index contributed by atoms with van der Waals surface area (Å²) in [6.45, 7) is 6.75. The molecule has 0 aromatic heterocycles. The summed E-state index contributed by atoms with van der Waals surface area (Å²) < 4.78 is 5.17. The Labute approximate surface area is 97.2 Å². The lowest BCUT2D eigenvalue weighted by Crippen LogP contribution is -2.07. The number of aryl methyl sites for hydroxylation is 1. The summed E-state index contributed by atoms with van der Waals surface area (Å²) in [6, 6.07) is 1.86. The fourth-order valence-electron chi connectivity index (χ4n) is 2.05. The van der Waals surface area contributed by atoms with E-state index in [9.17, 15) is 5.11 Å². The quantitative estimate of drug-likeness (QED) is 0.824. The summed E-state index contributed by atoms with van der Waals surface area (Å²) in [5.41, 5.74) is 8.78. The third-order valence-electron chi connectivity index (χ3n) is 3.14. The average Bonchev–Trinajstić information content (AvgIpc) is 2.24. The smallest absolute Gasteiger partial charge is 0.161 e. The van der Waals surface area contributed by atoms with Crippen LogP contribution in [0.1, 0.15) is 36.0 Å². The fraction of sp³-hybridized carbons (Fsp3) is 0.538. The van der Waals surface area contributed by atoms with Gasteiger partial charge in [-0.3, -0.25) is 0 Å². The molecule has 16 heavy (non-hydrogen) atoms. The Hall–Kier alpha value is -1.22. The van der Waals surface area contributed by atoms with E-state index in [4.69, 9.17) is 10.5 Å². The number of phenolic OH excluding ortho intramolecular Hbond substituents is 1. The fourth-order valence-corrected chi connectivity index (χ4v) is 2.05. The molecule has 0 aliphatic carbocycles. The number of ether oxygens (including phenoxy) is 1. The van der Waals surface area contributed by atoms with Gasteiger partial charge in [-0.05, 0) is 49.9 Å². The largest absolute Gasteiger partial charge is 0.504 e. The first kappa shape index (κ1) is 12.8. The second kappa shape index (κ2) is 5.21. The lowest BCUT2D eigenvalue weighted by Gasteiger charge is -2.19. The van der Waals surface area contributed by atoms with Gasteiger partial charge in [-0.1, -0.05) is 6.92 Å². The highest BCUT2D eigenvalue weighted by atomic mass is 16.5. The Bertz CT molecular complexity index is 375. The van der Waals surface area contributed by atoms with Crippen LogP contribution < -0.4 is 10.5 Å². The van der Waals surface area contributed by atoms with Gasteiger partial charge in [0, 0.05) is 5.56 Å². The molecule has 0 saturated heterocycles. The van der Waals surface area contributed by atoms with Crippen molar-refractivity contribution >= 4 is 0 Å². The lowest BCUT2D eigenvalue weighted by atomic mass is 9.90. The Balaban J connectivity index is 3.29. The van der Waals surface area contributed by atoms with E-state index in [1.54, 1.807) is 7.11 Å². The average molecular weight is 223 g/mol. The second-order valence-electron chi connectivity index (χ2n) is 4.26. The van der Waals surface area contributed by atoms with Gasteiger partial charge in [-0.15, -0.1) is 0 Å². The van der Waals surface area contributed by atoms with Crippen LogP contribution in [0.4, 0.5) is 0 Å². The Morgan fingerprint density at radius 2 is 2.06 bits per heavy atom. The molecule has 0 amide bonds. The van der Waals surface area contributed by atoms with Gasteiger partial charge in [-0.2, -0.15) is 0 Å². The summed E-state index contributed by atoms with van der Waals surface area (Å²) in [5, 5.41) is 10.1. The maximum absolute atomic E-state index is 10.1. The van der Waals surface area contributed by atoms with Crippen LogP contribution in [0, 0.1) is 13.8 Å². The van der Waals surface area contributed by atoms with Crippen LogP contribution in [0.25, 0.3) is 0 Å². The summed E-state index contributed by atoms with van der Waals surface area (Å²) in [4.78, 5) is 0. The van der Waals surface area contributed by atoms with Gasteiger partial charge in [0.15, 0.2) is 11.5 Å². The first-order valence-corrected chi connectivity index (χ1v) is 5.60. The molecular formula is C13H21NO2. The molecule has 0 bridgehead atoms. The molecule has 3 nitrogen and oxygen atoms in total. The molecule has 0 aliphatic rings. The normalized spacial score (nSPS) is 12.6. The number of hydrogen-bond donors (Lipinski definition) is 2. The third-order valence-corrected chi connectivity index (χ3v) is 3.14. The van der Waals surface area contributed by atoms with Gasteiger partial charge in [-0.25, -0.2) is 0 Å². The molecule has 0 spiro atoms. The molecule has 1 aromatic rings. The lowest BCUT2D eigenvalue weighted by molar-refractivity contribution is 0.367. The standard InChI is InChI=1S/C13H21NO2/c1-8(5-6-14)12-10(3)9(2)7-11(16-4)13(12)15/h7-8,15H,5-6,14H2,1-4H3. The first-order chi connectivity index (χ1) is 7.52. The van der Waals surface area contributed by atoms with Crippen LogP contribution in [0.15, 0.2) is 6.07 Å². The number of nitrogens with two attached hydrogens (primary N) is 1. The molecule has 90 valence electrons. The zero-order valence-electron chi connectivity index (χ0n) is 10.5. The van der Waals surface area contributed by atoms with Gasteiger partial charge >= 0.3 is 0 Å². The van der Waals surface area contributed by atoms with Crippen LogP contribution in [0.5, 0.6) is 11.5 Å². The number of hydrogen-bond acceptors (Lipinski definition) is 3. The van der Waals surface area contributed by atoms with Gasteiger partial charge < -0.3 is 15.6 Å². The maximum atomic E-state index is 10.1. The number of methoxy groups -OCH3 is 1. The number of rotatable bonds is 4. The van der Waals surface area contributed by atoms with Crippen molar-refractivity contribution in [2.24, 2.45) is 5.73 Å². The molecular weight excluding hydrogens is 202 g/mol. The van der Waals surface area contributed by atoms with Crippen LogP contribution in [0.2, 0.25) is 0 Å². The topological polar surface area (TPSA) is 55.5 Å². The SMILES string of the molecule is COc1cc(C)c(C)c(C(C)CCN)c1O. The molecule has 3 N–H and O–H groups in total. The van der Waals surface area contributed by atoms with Gasteiger partial charge in [0.2, 0.25) is 0 Å². The summed E-state index contributed by atoms with van der Waals surface area (Å²) in [7, 11) is 1.57. The Kier molecular flexibility index (Phi) is 4.19. The highest BCUT2D eigenvalue weighted by Gasteiger charge is 2.18. The molecule has 3 heteroatoms. The molecule has 1 atom stereocenters. The minimum atomic E-state index is 0.249. The number of benzene rings is 1. The minimum absolute atomic E-state index is 0.249. The molecule has 1 aromatic carbocycles. The van der Waals surface area contributed by atoms with Crippen molar-refractivity contribution in [1.29, 1.82) is 0 Å². The first-order valence-electron chi connectivity index (χ1n) is 5.60. The van der Waals surface area contributed by atoms with Crippen molar-refractivity contribution in [3.63, 3.8) is 0 Å². The predicted octanol–water partition coefficient (Wildman–Crippen LogP) is 2.47. The van der Waals surface area contributed by atoms with E-state index in [0.29, 0.717) is 12.3 Å². The van der Waals surface area contributed by atoms with E-state index in [0.717, 1.165) is 23.1 Å². The van der Waals surface area contributed by atoms with Gasteiger partial charge in [0.05, 0.1) is 7.11 Å². The highest BCUT2D eigenvalue weighted by Crippen LogP contribution is 2.39. The summed E-state index contributed by atoms with van der Waals surface area (Å²) in [5.74, 6) is 1.05. The Morgan fingerprint density at radius 1 is 1.44 bits per heavy atom. The van der Waals surface area contributed by atoms with Crippen LogP contribution in [-0.2, 0) is 0 Å². The van der Waals surface area contributed by atoms with Crippen molar-refractivity contribution in [2.45, 2.75) is 33.1 Å². The van der Waals surface area contributed by atoms with Gasteiger partial charge in [0.1, 0.15) is 0 Å². The molecule has 1 unspecified atom stereocenters. The van der Waals surface area contributed by atoms with Crippen LogP contribution in [0.3, 0.4) is 0 Å². The second-order valence-corrected chi connectivity index (χ2v) is 4.26. The van der Waals surface area contributed by atoms with Crippen molar-refractivity contribution in [1.82, 2.24) is 0 Å². The Morgan fingerprint density at radius 3 is 2.56 bits per heavy atom. The highest BCUT2D eigenvalue weighted by molar-refractivity contribution is 5.54. The van der Waals surface area contributed by atoms with E-state index in [-0.39, 0.29) is 11.7 Å². The van der Waals surface area contributed by atoms with Crippen molar-refractivity contribution in [3.8, 4) is 11.5 Å². The maximum Gasteiger partial charge on any atom is 0.161 e. The third kappa shape index (κ3) is 2.30. The molecule has 0 radical (unpaired) electrons. The predicted molar refractivity (Wildman–Crippen MR) is 66.2 cm³/mol. The molecule has 0 heterocycles. The zero-order chi connectivity index (χ0) is 12.3. The van der Waals surface area contributed by atoms with Gasteiger partial charge in [0.25, 0.3) is 0 Å². The molecule has 0 saturated carbocycles. The van der Waals surface area contributed by atoms with E-state index in [1.807, 2.05) is 19.9 Å². The molecule has 0 fully saturated rings. The zero-order valence-corrected chi connectivity index (χ0v) is 10.5. The summed E-state index contributed by atoms with van der Waals surface area (Å²) >= 11 is 0. The van der Waals surface area contributed by atoms with Crippen molar-refractivity contribution in [2.75, 3.05) is 13.7 Å². The molecule has 1 rings (SSSR count). The summed E-state index contributed by atoms with van der Waals surface area (Å²) in [6.07, 6.45) is 0.862. The van der Waals surface area contributed by atoms with E-state index in [2.05, 4.69) is 6.92 Å². The van der Waals surface area contributed by atoms with E-state index >= 15 is 0 Å². The molecule has 0 aliphatic heterocycles. The van der Waals surface area contributed by atoms with E-state index in [1.165, 1.54) is 0 Å². The number of phenols is 1. The number of aromatic hydroxyl groups is 1.